The number of likely N-dealkylation sites (tertiary alicyclic amines) is 1. The van der Waals surface area contributed by atoms with Crippen LogP contribution in [-0.4, -0.2) is 65.5 Å². The Morgan fingerprint density at radius 3 is 1.94 bits per heavy atom. The van der Waals surface area contributed by atoms with Crippen LogP contribution < -0.4 is 5.32 Å². The molecule has 186 valence electrons. The van der Waals surface area contributed by atoms with Crippen LogP contribution in [0.25, 0.3) is 0 Å². The summed E-state index contributed by atoms with van der Waals surface area (Å²) in [5, 5.41) is 2.97. The molecular formula is C28H35N3O4. The second-order valence-corrected chi connectivity index (χ2v) is 10.1. The molecule has 0 aliphatic carbocycles. The second kappa shape index (κ2) is 10.2. The minimum absolute atomic E-state index is 0.0273. The van der Waals surface area contributed by atoms with E-state index < -0.39 is 11.8 Å². The van der Waals surface area contributed by atoms with Gasteiger partial charge in [0.2, 0.25) is 5.91 Å². The third-order valence-electron chi connectivity index (χ3n) is 6.90. The Bertz CT molecular complexity index is 1070. The van der Waals surface area contributed by atoms with Crippen molar-refractivity contribution >= 4 is 17.7 Å². The molecule has 4 rings (SSSR count). The van der Waals surface area contributed by atoms with Gasteiger partial charge in [-0.1, -0.05) is 49.2 Å². The molecule has 2 saturated heterocycles. The van der Waals surface area contributed by atoms with Gasteiger partial charge in [0, 0.05) is 43.6 Å². The van der Waals surface area contributed by atoms with Crippen LogP contribution in [-0.2, 0) is 9.53 Å². The number of ether oxygens (including phenoxy) is 1. The molecule has 0 radical (unpaired) electrons. The third kappa shape index (κ3) is 5.25. The maximum Gasteiger partial charge on any atom is 0.256 e. The molecule has 7 heteroatoms. The molecule has 2 heterocycles. The number of carbonyl (C=O) groups excluding carboxylic acids is 3. The molecular weight excluding hydrogens is 442 g/mol. The van der Waals surface area contributed by atoms with Crippen LogP contribution >= 0.6 is 0 Å². The molecule has 2 aromatic carbocycles. The van der Waals surface area contributed by atoms with Crippen molar-refractivity contribution in [2.24, 2.45) is 5.92 Å². The van der Waals surface area contributed by atoms with Gasteiger partial charge in [0.25, 0.3) is 11.8 Å². The van der Waals surface area contributed by atoms with Crippen LogP contribution in [0, 0.1) is 19.8 Å². The summed E-state index contributed by atoms with van der Waals surface area (Å²) < 4.78 is 6.26. The molecule has 0 unspecified atom stereocenters. The Morgan fingerprint density at radius 1 is 0.914 bits per heavy atom. The molecule has 7 nitrogen and oxygen atoms in total. The first-order valence-corrected chi connectivity index (χ1v) is 12.4. The van der Waals surface area contributed by atoms with Crippen LogP contribution in [0.15, 0.2) is 48.5 Å². The largest absolute Gasteiger partial charge is 0.354 e. The lowest BCUT2D eigenvalue weighted by molar-refractivity contribution is -0.128. The first-order valence-electron chi connectivity index (χ1n) is 12.4. The summed E-state index contributed by atoms with van der Waals surface area (Å²) in [6, 6.07) is 14.2. The number of amides is 3. The first-order chi connectivity index (χ1) is 16.7. The van der Waals surface area contributed by atoms with Crippen LogP contribution in [0.4, 0.5) is 0 Å². The molecule has 1 spiro atoms. The summed E-state index contributed by atoms with van der Waals surface area (Å²) in [5.41, 5.74) is 2.43. The van der Waals surface area contributed by atoms with Crippen LogP contribution in [0.5, 0.6) is 0 Å². The number of nitrogens with one attached hydrogen (secondary N) is 1. The van der Waals surface area contributed by atoms with E-state index in [9.17, 15) is 14.4 Å². The van der Waals surface area contributed by atoms with Crippen molar-refractivity contribution in [1.29, 1.82) is 0 Å². The van der Waals surface area contributed by atoms with Gasteiger partial charge in [-0.3, -0.25) is 19.3 Å². The quantitative estimate of drug-likeness (QED) is 0.714. The fourth-order valence-electron chi connectivity index (χ4n) is 4.76. The molecule has 0 bridgehead atoms. The molecule has 0 aromatic heterocycles. The van der Waals surface area contributed by atoms with Crippen molar-refractivity contribution in [2.75, 3.05) is 26.2 Å². The minimum Gasteiger partial charge on any atom is -0.354 e. The van der Waals surface area contributed by atoms with Crippen LogP contribution in [0.2, 0.25) is 0 Å². The predicted molar refractivity (Wildman–Crippen MR) is 134 cm³/mol. The lowest BCUT2D eigenvalue weighted by atomic mass is 9.95. The van der Waals surface area contributed by atoms with Crippen molar-refractivity contribution in [1.82, 2.24) is 15.1 Å². The molecule has 2 aliphatic heterocycles. The van der Waals surface area contributed by atoms with Crippen molar-refractivity contribution in [3.05, 3.63) is 70.8 Å². The Labute approximate surface area is 207 Å². The van der Waals surface area contributed by atoms with Gasteiger partial charge >= 0.3 is 0 Å². The molecule has 2 aliphatic rings. The first kappa shape index (κ1) is 24.9. The van der Waals surface area contributed by atoms with Gasteiger partial charge in [0.05, 0.1) is 6.61 Å². The zero-order valence-corrected chi connectivity index (χ0v) is 21.0. The van der Waals surface area contributed by atoms with Gasteiger partial charge in [-0.25, -0.2) is 0 Å². The topological polar surface area (TPSA) is 79.0 Å². The van der Waals surface area contributed by atoms with Gasteiger partial charge in [0.15, 0.2) is 0 Å². The monoisotopic (exact) mass is 477 g/mol. The minimum atomic E-state index is -0.911. The van der Waals surface area contributed by atoms with E-state index >= 15 is 0 Å². The van der Waals surface area contributed by atoms with E-state index in [1.807, 2.05) is 64.1 Å². The Balaban J connectivity index is 1.55. The Kier molecular flexibility index (Phi) is 7.26. The summed E-state index contributed by atoms with van der Waals surface area (Å²) >= 11 is 0. The van der Waals surface area contributed by atoms with E-state index in [2.05, 4.69) is 5.32 Å². The smallest absolute Gasteiger partial charge is 0.256 e. The highest BCUT2D eigenvalue weighted by Gasteiger charge is 2.54. The molecule has 2 fully saturated rings. The lowest BCUT2D eigenvalue weighted by Gasteiger charge is -2.44. The summed E-state index contributed by atoms with van der Waals surface area (Å²) in [7, 11) is 0. The number of benzene rings is 2. The average Bonchev–Trinajstić information content (AvgIpc) is 3.21. The average molecular weight is 478 g/mol. The highest BCUT2D eigenvalue weighted by atomic mass is 16.5. The number of carbonyl (C=O) groups is 3. The van der Waals surface area contributed by atoms with E-state index in [4.69, 9.17) is 4.74 Å². The maximum absolute atomic E-state index is 13.7. The van der Waals surface area contributed by atoms with Crippen molar-refractivity contribution in [3.8, 4) is 0 Å². The number of hydrogen-bond donors (Lipinski definition) is 1. The standard InChI is InChI=1S/C28H35N3O4/c1-19(2)17-29-25(32)24-18-35-28(31(24)27(34)23-11-7-21(4)8-12-23)13-15-30(16-14-28)26(33)22-9-5-20(3)6-10-22/h5-12,19,24H,13-18H2,1-4H3,(H,29,32)/t24-/m0/s1. The van der Waals surface area contributed by atoms with Gasteiger partial charge in [-0.2, -0.15) is 0 Å². The zero-order valence-electron chi connectivity index (χ0n) is 21.0. The Morgan fingerprint density at radius 2 is 1.43 bits per heavy atom. The summed E-state index contributed by atoms with van der Waals surface area (Å²) in [6.07, 6.45) is 0.909. The fraction of sp³-hybridized carbons (Fsp3) is 0.464. The molecule has 35 heavy (non-hydrogen) atoms. The van der Waals surface area contributed by atoms with Gasteiger partial charge in [0.1, 0.15) is 11.8 Å². The van der Waals surface area contributed by atoms with E-state index in [0.29, 0.717) is 49.5 Å². The SMILES string of the molecule is Cc1ccc(C(=O)N2CCC3(CC2)OC[C@@H](C(=O)NCC(C)C)N3C(=O)c2ccc(C)cc2)cc1. The highest BCUT2D eigenvalue weighted by molar-refractivity contribution is 5.98. The fourth-order valence-corrected chi connectivity index (χ4v) is 4.76. The third-order valence-corrected chi connectivity index (χ3v) is 6.90. The summed E-state index contributed by atoms with van der Waals surface area (Å²) in [5.74, 6) is -0.146. The number of piperidine rings is 1. The van der Waals surface area contributed by atoms with Crippen molar-refractivity contribution in [2.45, 2.75) is 52.3 Å². The van der Waals surface area contributed by atoms with E-state index in [0.717, 1.165) is 11.1 Å². The second-order valence-electron chi connectivity index (χ2n) is 10.1. The molecule has 1 N–H and O–H groups in total. The van der Waals surface area contributed by atoms with Gasteiger partial charge in [-0.05, 0) is 44.0 Å². The van der Waals surface area contributed by atoms with Gasteiger partial charge < -0.3 is 15.0 Å². The number of aryl methyl sites for hydroxylation is 2. The number of nitrogens with zero attached hydrogens (tertiary/aromatic N) is 2. The predicted octanol–water partition coefficient (Wildman–Crippen LogP) is 3.55. The summed E-state index contributed by atoms with van der Waals surface area (Å²) in [6.45, 7) is 9.60. The molecule has 3 amide bonds. The Hall–Kier alpha value is -3.19. The normalized spacial score (nSPS) is 19.3. The molecule has 0 saturated carbocycles. The highest BCUT2D eigenvalue weighted by Crippen LogP contribution is 2.39. The van der Waals surface area contributed by atoms with E-state index in [1.165, 1.54) is 0 Å². The van der Waals surface area contributed by atoms with Crippen molar-refractivity contribution in [3.63, 3.8) is 0 Å². The molecule has 1 atom stereocenters. The molecule has 2 aromatic rings. The van der Waals surface area contributed by atoms with Crippen LogP contribution in [0.1, 0.15) is 58.5 Å². The zero-order chi connectivity index (χ0) is 25.2. The van der Waals surface area contributed by atoms with Crippen molar-refractivity contribution < 1.29 is 19.1 Å². The maximum atomic E-state index is 13.7. The summed E-state index contributed by atoms with van der Waals surface area (Å²) in [4.78, 5) is 43.3. The van der Waals surface area contributed by atoms with Crippen LogP contribution in [0.3, 0.4) is 0 Å². The number of hydrogen-bond acceptors (Lipinski definition) is 4. The lowest BCUT2D eigenvalue weighted by Crippen LogP contribution is -2.60. The van der Waals surface area contributed by atoms with E-state index in [1.54, 1.807) is 21.9 Å². The number of rotatable bonds is 5. The van der Waals surface area contributed by atoms with E-state index in [-0.39, 0.29) is 24.3 Å². The van der Waals surface area contributed by atoms with Gasteiger partial charge in [-0.15, -0.1) is 0 Å².